The minimum absolute atomic E-state index is 0.0830. The van der Waals surface area contributed by atoms with Gasteiger partial charge in [-0.15, -0.1) is 0 Å². The van der Waals surface area contributed by atoms with Gasteiger partial charge >= 0.3 is 0 Å². The average Bonchev–Trinajstić information content (AvgIpc) is 2.65. The lowest BCUT2D eigenvalue weighted by Gasteiger charge is -2.18. The van der Waals surface area contributed by atoms with Gasteiger partial charge in [-0.3, -0.25) is 9.59 Å². The van der Waals surface area contributed by atoms with Gasteiger partial charge in [0.2, 0.25) is 5.91 Å². The fraction of sp³-hybridized carbons (Fsp3) is 0.286. The summed E-state index contributed by atoms with van der Waals surface area (Å²) < 4.78 is 1.24. The zero-order valence-electron chi connectivity index (χ0n) is 15.3. The Morgan fingerprint density at radius 1 is 1.08 bits per heavy atom. The molecule has 0 bridgehead atoms. The smallest absolute Gasteiger partial charge is 0.275 e. The van der Waals surface area contributed by atoms with Crippen LogP contribution in [-0.4, -0.2) is 15.7 Å². The molecule has 26 heavy (non-hydrogen) atoms. The van der Waals surface area contributed by atoms with Gasteiger partial charge in [0.25, 0.3) is 5.56 Å². The highest BCUT2D eigenvalue weighted by Crippen LogP contribution is 2.17. The van der Waals surface area contributed by atoms with Crippen LogP contribution in [0.15, 0.2) is 53.3 Å². The molecule has 0 aliphatic rings. The topological polar surface area (TPSA) is 64.0 Å². The number of aromatic nitrogens is 2. The molecule has 0 radical (unpaired) electrons. The van der Waals surface area contributed by atoms with Gasteiger partial charge in [-0.1, -0.05) is 55.0 Å². The molecule has 0 saturated heterocycles. The molecular weight excluding hydrogens is 326 g/mol. The zero-order valence-corrected chi connectivity index (χ0v) is 15.3. The Kier molecular flexibility index (Phi) is 5.16. The number of nitrogens with zero attached hydrogens (tertiary/aromatic N) is 2. The van der Waals surface area contributed by atoms with Gasteiger partial charge in [-0.2, -0.15) is 5.10 Å². The van der Waals surface area contributed by atoms with Gasteiger partial charge in [-0.05, 0) is 31.9 Å². The van der Waals surface area contributed by atoms with Crippen LogP contribution in [0, 0.1) is 13.8 Å². The Balaban J connectivity index is 1.81. The normalized spacial score (nSPS) is 12.1. The number of carbonyl (C=O) groups excluding carboxylic acids is 1. The summed E-state index contributed by atoms with van der Waals surface area (Å²) in [6.45, 7) is 5.81. The van der Waals surface area contributed by atoms with E-state index < -0.39 is 0 Å². The second kappa shape index (κ2) is 7.52. The largest absolute Gasteiger partial charge is 0.348 e. The molecule has 2 aromatic carbocycles. The van der Waals surface area contributed by atoms with E-state index in [-0.39, 0.29) is 24.1 Å². The standard InChI is InChI=1S/C21H23N3O2/c1-4-19(16-11-9-14(2)10-12-16)22-20(25)13-24-21(26)18-8-6-5-7-17(18)15(3)23-24/h5-12,19H,4,13H2,1-3H3,(H,22,25). The van der Waals surface area contributed by atoms with Crippen molar-refractivity contribution in [3.05, 3.63) is 75.7 Å². The summed E-state index contributed by atoms with van der Waals surface area (Å²) in [5, 5.41) is 8.71. The van der Waals surface area contributed by atoms with Crippen LogP contribution < -0.4 is 10.9 Å². The van der Waals surface area contributed by atoms with E-state index in [2.05, 4.69) is 10.4 Å². The molecule has 0 saturated carbocycles. The summed E-state index contributed by atoms with van der Waals surface area (Å²) in [6, 6.07) is 15.4. The van der Waals surface area contributed by atoms with Crippen molar-refractivity contribution in [1.82, 2.24) is 15.1 Å². The predicted octanol–water partition coefficient (Wildman–Crippen LogP) is 3.28. The molecule has 3 aromatic rings. The highest BCUT2D eigenvalue weighted by atomic mass is 16.2. The second-order valence-electron chi connectivity index (χ2n) is 6.53. The zero-order chi connectivity index (χ0) is 18.7. The number of hydrogen-bond donors (Lipinski definition) is 1. The van der Waals surface area contributed by atoms with E-state index in [4.69, 9.17) is 0 Å². The summed E-state index contributed by atoms with van der Waals surface area (Å²) in [6.07, 6.45) is 0.772. The third-order valence-electron chi connectivity index (χ3n) is 4.57. The molecule has 0 fully saturated rings. The van der Waals surface area contributed by atoms with Crippen molar-refractivity contribution in [2.75, 3.05) is 0 Å². The molecule has 1 heterocycles. The summed E-state index contributed by atoms with van der Waals surface area (Å²) >= 11 is 0. The fourth-order valence-corrected chi connectivity index (χ4v) is 3.11. The van der Waals surface area contributed by atoms with Gasteiger partial charge in [-0.25, -0.2) is 4.68 Å². The van der Waals surface area contributed by atoms with Crippen molar-refractivity contribution < 1.29 is 4.79 Å². The quantitative estimate of drug-likeness (QED) is 0.769. The number of carbonyl (C=O) groups is 1. The first-order valence-electron chi connectivity index (χ1n) is 8.82. The SMILES string of the molecule is CCC(NC(=O)Cn1nc(C)c2ccccc2c1=O)c1ccc(C)cc1. The first-order chi connectivity index (χ1) is 12.5. The fourth-order valence-electron chi connectivity index (χ4n) is 3.11. The molecule has 5 heteroatoms. The molecule has 1 atom stereocenters. The Labute approximate surface area is 152 Å². The van der Waals surface area contributed by atoms with Crippen molar-refractivity contribution in [1.29, 1.82) is 0 Å². The highest BCUT2D eigenvalue weighted by molar-refractivity contribution is 5.83. The maximum Gasteiger partial charge on any atom is 0.275 e. The second-order valence-corrected chi connectivity index (χ2v) is 6.53. The number of hydrogen-bond acceptors (Lipinski definition) is 3. The number of aryl methyl sites for hydroxylation is 2. The van der Waals surface area contributed by atoms with Crippen LogP contribution in [0.25, 0.3) is 10.8 Å². The Morgan fingerprint density at radius 2 is 1.73 bits per heavy atom. The number of benzene rings is 2. The van der Waals surface area contributed by atoms with E-state index in [1.807, 2.05) is 63.2 Å². The van der Waals surface area contributed by atoms with Gasteiger partial charge in [0.05, 0.1) is 17.1 Å². The number of fused-ring (bicyclic) bond motifs is 1. The molecule has 1 amide bonds. The summed E-state index contributed by atoms with van der Waals surface area (Å²) in [5.74, 6) is -0.221. The van der Waals surface area contributed by atoms with E-state index in [0.29, 0.717) is 5.39 Å². The first-order valence-corrected chi connectivity index (χ1v) is 8.82. The van der Waals surface area contributed by atoms with Crippen LogP contribution in [0.4, 0.5) is 0 Å². The maximum atomic E-state index is 12.6. The minimum atomic E-state index is -0.246. The third kappa shape index (κ3) is 3.67. The van der Waals surface area contributed by atoms with E-state index in [1.54, 1.807) is 6.07 Å². The van der Waals surface area contributed by atoms with Crippen LogP contribution >= 0.6 is 0 Å². The lowest BCUT2D eigenvalue weighted by atomic mass is 10.0. The molecule has 0 spiro atoms. The average molecular weight is 349 g/mol. The molecule has 134 valence electrons. The van der Waals surface area contributed by atoms with Crippen LogP contribution in [0.2, 0.25) is 0 Å². The summed E-state index contributed by atoms with van der Waals surface area (Å²) in [5.41, 5.74) is 2.72. The van der Waals surface area contributed by atoms with Crippen molar-refractivity contribution >= 4 is 16.7 Å². The molecular formula is C21H23N3O2. The van der Waals surface area contributed by atoms with Crippen LogP contribution in [0.1, 0.15) is 36.2 Å². The lowest BCUT2D eigenvalue weighted by molar-refractivity contribution is -0.122. The van der Waals surface area contributed by atoms with Crippen LogP contribution in [-0.2, 0) is 11.3 Å². The van der Waals surface area contributed by atoms with Gasteiger partial charge in [0.1, 0.15) is 6.54 Å². The number of nitrogens with one attached hydrogen (secondary N) is 1. The molecule has 5 nitrogen and oxygen atoms in total. The third-order valence-corrected chi connectivity index (χ3v) is 4.57. The monoisotopic (exact) mass is 349 g/mol. The summed E-state index contributed by atoms with van der Waals surface area (Å²) in [7, 11) is 0. The molecule has 1 aromatic heterocycles. The Bertz CT molecular complexity index is 990. The lowest BCUT2D eigenvalue weighted by Crippen LogP contribution is -2.36. The van der Waals surface area contributed by atoms with E-state index in [0.717, 1.165) is 23.1 Å². The number of amides is 1. The Hall–Kier alpha value is -2.95. The Morgan fingerprint density at radius 3 is 2.38 bits per heavy atom. The van der Waals surface area contributed by atoms with Crippen molar-refractivity contribution in [3.63, 3.8) is 0 Å². The van der Waals surface area contributed by atoms with Gasteiger partial charge < -0.3 is 5.32 Å². The van der Waals surface area contributed by atoms with Crippen molar-refractivity contribution in [2.45, 2.75) is 39.8 Å². The molecule has 3 rings (SSSR count). The van der Waals surface area contributed by atoms with Gasteiger partial charge in [0, 0.05) is 5.39 Å². The van der Waals surface area contributed by atoms with Gasteiger partial charge in [0.15, 0.2) is 0 Å². The highest BCUT2D eigenvalue weighted by Gasteiger charge is 2.15. The van der Waals surface area contributed by atoms with E-state index >= 15 is 0 Å². The summed E-state index contributed by atoms with van der Waals surface area (Å²) in [4.78, 5) is 25.1. The maximum absolute atomic E-state index is 12.6. The van der Waals surface area contributed by atoms with Crippen molar-refractivity contribution in [3.8, 4) is 0 Å². The predicted molar refractivity (Wildman–Crippen MR) is 103 cm³/mol. The van der Waals surface area contributed by atoms with E-state index in [1.165, 1.54) is 10.2 Å². The molecule has 0 aliphatic heterocycles. The van der Waals surface area contributed by atoms with E-state index in [9.17, 15) is 9.59 Å². The van der Waals surface area contributed by atoms with Crippen LogP contribution in [0.3, 0.4) is 0 Å². The molecule has 1 N–H and O–H groups in total. The first kappa shape index (κ1) is 17.9. The number of rotatable bonds is 5. The molecule has 0 aliphatic carbocycles. The molecule has 1 unspecified atom stereocenters. The van der Waals surface area contributed by atoms with Crippen molar-refractivity contribution in [2.24, 2.45) is 0 Å². The van der Waals surface area contributed by atoms with Crippen LogP contribution in [0.5, 0.6) is 0 Å². The minimum Gasteiger partial charge on any atom is -0.348 e.